The Balaban J connectivity index is 1.26. The molecule has 1 aliphatic carbocycles. The molecule has 1 aromatic carbocycles. The Bertz CT molecular complexity index is 1150. The van der Waals surface area contributed by atoms with Gasteiger partial charge < -0.3 is 14.8 Å². The largest absolute Gasteiger partial charge is 0.443 e. The Kier molecular flexibility index (Phi) is 4.32. The van der Waals surface area contributed by atoms with E-state index in [9.17, 15) is 8.42 Å². The number of oxazole rings is 1. The molecule has 2 aromatic heterocycles. The van der Waals surface area contributed by atoms with Crippen molar-refractivity contribution in [3.63, 3.8) is 0 Å². The number of aromatic nitrogens is 3. The van der Waals surface area contributed by atoms with Crippen molar-refractivity contribution < 1.29 is 17.9 Å². The highest BCUT2D eigenvalue weighted by molar-refractivity contribution is 7.92. The quantitative estimate of drug-likeness (QED) is 0.503. The van der Waals surface area contributed by atoms with E-state index in [4.69, 9.17) is 9.52 Å². The van der Waals surface area contributed by atoms with Crippen molar-refractivity contribution in [2.45, 2.75) is 43.5 Å². The Labute approximate surface area is 167 Å². The predicted octanol–water partition coefficient (Wildman–Crippen LogP) is 2.94. The first-order chi connectivity index (χ1) is 14.0. The minimum absolute atomic E-state index is 0.00799. The lowest BCUT2D eigenvalue weighted by Crippen LogP contribution is -2.05. The fourth-order valence-corrected chi connectivity index (χ4v) is 5.38. The van der Waals surface area contributed by atoms with Gasteiger partial charge in [0.1, 0.15) is 12.4 Å². The van der Waals surface area contributed by atoms with Crippen molar-refractivity contribution in [3.05, 3.63) is 53.4 Å². The molecule has 0 radical (unpaired) electrons. The summed E-state index contributed by atoms with van der Waals surface area (Å²) in [6.45, 7) is -0.136. The zero-order valence-electron chi connectivity index (χ0n) is 15.6. The van der Waals surface area contributed by atoms with Crippen LogP contribution in [0, 0.1) is 0 Å². The summed E-state index contributed by atoms with van der Waals surface area (Å²) in [6.07, 6.45) is 4.48. The Morgan fingerprint density at radius 1 is 1.24 bits per heavy atom. The highest BCUT2D eigenvalue weighted by atomic mass is 32.2. The number of benzene rings is 1. The topological polar surface area (TPSA) is 133 Å². The SMILES string of the molecule is O=S1(=O)Cc2cc(Nc3cc(C4CCC(c5ncc(CO)o5)C4)[nH]n3)ccc2N1. The summed E-state index contributed by atoms with van der Waals surface area (Å²) in [7, 11) is -3.26. The van der Waals surface area contributed by atoms with Crippen molar-refractivity contribution in [1.82, 2.24) is 15.2 Å². The minimum Gasteiger partial charge on any atom is -0.443 e. The van der Waals surface area contributed by atoms with E-state index in [1.54, 1.807) is 12.3 Å². The Morgan fingerprint density at radius 3 is 2.93 bits per heavy atom. The molecular weight excluding hydrogens is 394 g/mol. The zero-order valence-corrected chi connectivity index (χ0v) is 16.4. The number of fused-ring (bicyclic) bond motifs is 1. The smallest absolute Gasteiger partial charge is 0.237 e. The third kappa shape index (κ3) is 3.60. The summed E-state index contributed by atoms with van der Waals surface area (Å²) in [5, 5.41) is 19.8. The van der Waals surface area contributed by atoms with Crippen molar-refractivity contribution in [2.24, 2.45) is 0 Å². The maximum Gasteiger partial charge on any atom is 0.237 e. The standard InChI is InChI=1S/C19H21N5O4S/c25-9-15-8-20-19(28-15)12-2-1-11(5-12)17-7-18(23-22-17)21-14-3-4-16-13(6-14)10-29(26,27)24-16/h3-4,6-8,11-12,24-25H,1-2,5,9-10H2,(H2,21,22,23). The van der Waals surface area contributed by atoms with E-state index in [-0.39, 0.29) is 18.3 Å². The van der Waals surface area contributed by atoms with Crippen LogP contribution in [-0.4, -0.2) is 28.7 Å². The van der Waals surface area contributed by atoms with Crippen LogP contribution in [0.1, 0.15) is 54.0 Å². The summed E-state index contributed by atoms with van der Waals surface area (Å²) in [5.74, 6) is 2.44. The maximum atomic E-state index is 11.7. The van der Waals surface area contributed by atoms with Gasteiger partial charge in [-0.1, -0.05) is 0 Å². The average molecular weight is 415 g/mol. The molecule has 0 spiro atoms. The highest BCUT2D eigenvalue weighted by Gasteiger charge is 2.31. The second-order valence-corrected chi connectivity index (χ2v) is 9.32. The van der Waals surface area contributed by atoms with Crippen LogP contribution in [0.25, 0.3) is 0 Å². The molecule has 1 fully saturated rings. The van der Waals surface area contributed by atoms with Crippen molar-refractivity contribution >= 4 is 27.2 Å². The summed E-state index contributed by atoms with van der Waals surface area (Å²) < 4.78 is 31.5. The number of sulfonamides is 1. The van der Waals surface area contributed by atoms with E-state index < -0.39 is 10.0 Å². The first-order valence-electron chi connectivity index (χ1n) is 9.50. The third-order valence-electron chi connectivity index (χ3n) is 5.54. The summed E-state index contributed by atoms with van der Waals surface area (Å²) in [4.78, 5) is 4.28. The fourth-order valence-electron chi connectivity index (χ4n) is 4.13. The molecule has 0 bridgehead atoms. The van der Waals surface area contributed by atoms with Crippen LogP contribution in [0.3, 0.4) is 0 Å². The van der Waals surface area contributed by atoms with Crippen LogP contribution < -0.4 is 10.0 Å². The van der Waals surface area contributed by atoms with Gasteiger partial charge in [-0.05, 0) is 43.0 Å². The first kappa shape index (κ1) is 18.2. The molecule has 1 saturated carbocycles. The molecule has 1 aliphatic heterocycles. The molecule has 0 saturated heterocycles. The van der Waals surface area contributed by atoms with Gasteiger partial charge >= 0.3 is 0 Å². The van der Waals surface area contributed by atoms with Gasteiger partial charge in [-0.3, -0.25) is 9.82 Å². The first-order valence-corrected chi connectivity index (χ1v) is 11.2. The summed E-state index contributed by atoms with van der Waals surface area (Å²) in [6, 6.07) is 7.40. The lowest BCUT2D eigenvalue weighted by molar-refractivity contribution is 0.241. The second kappa shape index (κ2) is 6.89. The summed E-state index contributed by atoms with van der Waals surface area (Å²) in [5.41, 5.74) is 3.22. The molecule has 9 nitrogen and oxygen atoms in total. The van der Waals surface area contributed by atoms with Crippen LogP contribution in [0.15, 0.2) is 34.9 Å². The lowest BCUT2D eigenvalue weighted by Gasteiger charge is -2.07. The number of H-pyrrole nitrogens is 1. The number of aliphatic hydroxyl groups is 1. The second-order valence-electron chi connectivity index (χ2n) is 7.60. The number of hydrogen-bond donors (Lipinski definition) is 4. The maximum absolute atomic E-state index is 11.7. The zero-order chi connectivity index (χ0) is 20.0. The Morgan fingerprint density at radius 2 is 2.10 bits per heavy atom. The van der Waals surface area contributed by atoms with E-state index in [0.717, 1.165) is 36.2 Å². The van der Waals surface area contributed by atoms with Gasteiger partial charge in [-0.2, -0.15) is 5.10 Å². The minimum atomic E-state index is -3.26. The number of nitrogens with one attached hydrogen (secondary N) is 3. The van der Waals surface area contributed by atoms with Gasteiger partial charge in [0.05, 0.1) is 17.6 Å². The van der Waals surface area contributed by atoms with Crippen LogP contribution in [-0.2, 0) is 22.4 Å². The molecule has 2 unspecified atom stereocenters. The number of aliphatic hydroxyl groups excluding tert-OH is 1. The van der Waals surface area contributed by atoms with Gasteiger partial charge in [-0.15, -0.1) is 0 Å². The molecule has 3 heterocycles. The number of rotatable bonds is 5. The van der Waals surface area contributed by atoms with Crippen LogP contribution in [0.5, 0.6) is 0 Å². The number of nitrogens with zero attached hydrogens (tertiary/aromatic N) is 2. The Hall–Kier alpha value is -2.85. The molecule has 0 amide bonds. The van der Waals surface area contributed by atoms with Crippen LogP contribution >= 0.6 is 0 Å². The van der Waals surface area contributed by atoms with Crippen LogP contribution in [0.4, 0.5) is 17.2 Å². The molecular formula is C19H21N5O4S. The van der Waals surface area contributed by atoms with Gasteiger partial charge in [0, 0.05) is 29.3 Å². The number of anilines is 3. The number of aromatic amines is 1. The predicted molar refractivity (Wildman–Crippen MR) is 106 cm³/mol. The van der Waals surface area contributed by atoms with Crippen molar-refractivity contribution in [1.29, 1.82) is 0 Å². The van der Waals surface area contributed by atoms with Gasteiger partial charge in [0.2, 0.25) is 10.0 Å². The molecule has 2 aliphatic rings. The van der Waals surface area contributed by atoms with Gasteiger partial charge in [0.25, 0.3) is 0 Å². The average Bonchev–Trinajstić information content (AvgIpc) is 3.45. The van der Waals surface area contributed by atoms with Crippen LogP contribution in [0.2, 0.25) is 0 Å². The number of hydrogen-bond acceptors (Lipinski definition) is 7. The fraction of sp³-hybridized carbons (Fsp3) is 0.368. The molecule has 10 heteroatoms. The highest BCUT2D eigenvalue weighted by Crippen LogP contribution is 2.43. The van der Waals surface area contributed by atoms with Crippen molar-refractivity contribution in [2.75, 3.05) is 10.0 Å². The van der Waals surface area contributed by atoms with Gasteiger partial charge in [0.15, 0.2) is 11.7 Å². The van der Waals surface area contributed by atoms with Gasteiger partial charge in [-0.25, -0.2) is 13.4 Å². The molecule has 152 valence electrons. The lowest BCUT2D eigenvalue weighted by atomic mass is 10.0. The molecule has 5 rings (SSSR count). The molecule has 29 heavy (non-hydrogen) atoms. The normalized spacial score (nSPS) is 22.4. The molecule has 3 aromatic rings. The molecule has 4 N–H and O–H groups in total. The van der Waals surface area contributed by atoms with E-state index in [2.05, 4.69) is 25.2 Å². The van der Waals surface area contributed by atoms with Crippen molar-refractivity contribution in [3.8, 4) is 0 Å². The summed E-state index contributed by atoms with van der Waals surface area (Å²) >= 11 is 0. The molecule has 2 atom stereocenters. The van der Waals surface area contributed by atoms with E-state index in [1.165, 1.54) is 0 Å². The van der Waals surface area contributed by atoms with E-state index >= 15 is 0 Å². The van der Waals surface area contributed by atoms with E-state index in [0.29, 0.717) is 29.1 Å². The third-order valence-corrected chi connectivity index (χ3v) is 6.76. The monoisotopic (exact) mass is 415 g/mol. The van der Waals surface area contributed by atoms with E-state index in [1.807, 2.05) is 18.2 Å².